The number of hydrogen-bond donors (Lipinski definition) is 0. The number of aromatic nitrogens is 1. The first-order valence-corrected chi connectivity index (χ1v) is 9.45. The Kier molecular flexibility index (Phi) is 6.82. The van der Waals surface area contributed by atoms with Crippen molar-refractivity contribution in [3.05, 3.63) is 89.7 Å². The van der Waals surface area contributed by atoms with Gasteiger partial charge in [-0.15, -0.1) is 0 Å². The fourth-order valence-electron chi connectivity index (χ4n) is 3.24. The average molecular weight is 417 g/mol. The maximum atomic E-state index is 13.1. The Morgan fingerprint density at radius 2 is 1.67 bits per heavy atom. The van der Waals surface area contributed by atoms with Gasteiger partial charge in [-0.25, -0.2) is 4.79 Å². The molecule has 0 aliphatic carbocycles. The van der Waals surface area contributed by atoms with Crippen molar-refractivity contribution in [2.24, 2.45) is 0 Å². The summed E-state index contributed by atoms with van der Waals surface area (Å²) in [6, 6.07) is 15.9. The fourth-order valence-corrected chi connectivity index (χ4v) is 3.24. The summed E-state index contributed by atoms with van der Waals surface area (Å²) in [6.45, 7) is 0.126. The Morgan fingerprint density at radius 1 is 1.00 bits per heavy atom. The highest BCUT2D eigenvalue weighted by atomic mass is 19.4. The second-order valence-corrected chi connectivity index (χ2v) is 6.77. The van der Waals surface area contributed by atoms with Crippen LogP contribution in [0.1, 0.15) is 22.7 Å². The van der Waals surface area contributed by atoms with Gasteiger partial charge in [-0.05, 0) is 41.5 Å². The first-order chi connectivity index (χ1) is 14.4. The zero-order valence-electron chi connectivity index (χ0n) is 16.4. The maximum Gasteiger partial charge on any atom is 0.416 e. The van der Waals surface area contributed by atoms with E-state index in [1.807, 2.05) is 24.3 Å². The van der Waals surface area contributed by atoms with E-state index < -0.39 is 17.8 Å². The van der Waals surface area contributed by atoms with Crippen LogP contribution in [0.15, 0.2) is 73.1 Å². The lowest BCUT2D eigenvalue weighted by Gasteiger charge is -2.17. The quantitative estimate of drug-likeness (QED) is 0.480. The summed E-state index contributed by atoms with van der Waals surface area (Å²) in [5.41, 5.74) is 0.478. The van der Waals surface area contributed by atoms with Crippen LogP contribution in [0.25, 0.3) is 0 Å². The van der Waals surface area contributed by atoms with Crippen molar-refractivity contribution in [1.82, 2.24) is 4.57 Å². The number of rotatable bonds is 8. The molecule has 0 aliphatic heterocycles. The van der Waals surface area contributed by atoms with E-state index in [2.05, 4.69) is 0 Å². The summed E-state index contributed by atoms with van der Waals surface area (Å²) in [5.74, 6) is 0.216. The van der Waals surface area contributed by atoms with Gasteiger partial charge in [-0.3, -0.25) is 0 Å². The third-order valence-corrected chi connectivity index (χ3v) is 4.78. The van der Waals surface area contributed by atoms with Crippen LogP contribution in [-0.4, -0.2) is 24.3 Å². The van der Waals surface area contributed by atoms with Crippen LogP contribution in [0.4, 0.5) is 13.2 Å². The SMILES string of the molecule is COC(=O)C(Cc1ccc(OCCc2ccccc2C(F)(F)F)cc1)n1cccc1. The highest BCUT2D eigenvalue weighted by Gasteiger charge is 2.32. The summed E-state index contributed by atoms with van der Waals surface area (Å²) in [5, 5.41) is 0. The van der Waals surface area contributed by atoms with E-state index in [1.165, 1.54) is 19.2 Å². The van der Waals surface area contributed by atoms with E-state index in [4.69, 9.17) is 9.47 Å². The summed E-state index contributed by atoms with van der Waals surface area (Å²) in [7, 11) is 1.35. The Labute approximate surface area is 172 Å². The van der Waals surface area contributed by atoms with Gasteiger partial charge in [-0.1, -0.05) is 30.3 Å². The van der Waals surface area contributed by atoms with Gasteiger partial charge in [0.25, 0.3) is 0 Å². The monoisotopic (exact) mass is 417 g/mol. The molecular weight excluding hydrogens is 395 g/mol. The first-order valence-electron chi connectivity index (χ1n) is 9.45. The van der Waals surface area contributed by atoms with Crippen LogP contribution in [-0.2, 0) is 28.5 Å². The standard InChI is InChI=1S/C23H22F3NO3/c1-29-22(28)21(27-13-4-5-14-27)16-17-8-10-19(11-9-17)30-15-12-18-6-2-3-7-20(18)23(24,25)26/h2-11,13-14,21H,12,15-16H2,1H3. The topological polar surface area (TPSA) is 40.5 Å². The van der Waals surface area contributed by atoms with Crippen LogP contribution < -0.4 is 4.74 Å². The molecule has 2 aromatic carbocycles. The van der Waals surface area contributed by atoms with Crippen molar-refractivity contribution in [1.29, 1.82) is 0 Å². The molecule has 3 aromatic rings. The number of ether oxygens (including phenoxy) is 2. The van der Waals surface area contributed by atoms with Crippen LogP contribution >= 0.6 is 0 Å². The summed E-state index contributed by atoms with van der Waals surface area (Å²) in [6.07, 6.45) is -0.181. The van der Waals surface area contributed by atoms with E-state index in [-0.39, 0.29) is 24.6 Å². The molecule has 3 rings (SSSR count). The molecule has 1 aromatic heterocycles. The number of carbonyl (C=O) groups is 1. The number of esters is 1. The van der Waals surface area contributed by atoms with Gasteiger partial charge in [0.2, 0.25) is 0 Å². The molecule has 0 amide bonds. The molecule has 0 saturated carbocycles. The Morgan fingerprint density at radius 3 is 2.30 bits per heavy atom. The third-order valence-electron chi connectivity index (χ3n) is 4.78. The van der Waals surface area contributed by atoms with Gasteiger partial charge in [-0.2, -0.15) is 13.2 Å². The molecule has 7 heteroatoms. The molecule has 0 N–H and O–H groups in total. The molecular formula is C23H22F3NO3. The largest absolute Gasteiger partial charge is 0.493 e. The van der Waals surface area contributed by atoms with Crippen molar-refractivity contribution in [2.75, 3.05) is 13.7 Å². The Bertz CT molecular complexity index is 951. The molecule has 1 heterocycles. The molecule has 0 fully saturated rings. The van der Waals surface area contributed by atoms with Gasteiger partial charge >= 0.3 is 12.1 Å². The van der Waals surface area contributed by atoms with E-state index in [0.717, 1.165) is 11.6 Å². The number of hydrogen-bond acceptors (Lipinski definition) is 3. The van der Waals surface area contributed by atoms with E-state index >= 15 is 0 Å². The van der Waals surface area contributed by atoms with Crippen LogP contribution in [0.3, 0.4) is 0 Å². The predicted molar refractivity (Wildman–Crippen MR) is 106 cm³/mol. The number of halogens is 3. The molecule has 1 atom stereocenters. The molecule has 0 spiro atoms. The number of methoxy groups -OCH3 is 1. The fraction of sp³-hybridized carbons (Fsp3) is 0.261. The van der Waals surface area contributed by atoms with Crippen molar-refractivity contribution in [3.63, 3.8) is 0 Å². The third kappa shape index (κ3) is 5.43. The second kappa shape index (κ2) is 9.52. The summed E-state index contributed by atoms with van der Waals surface area (Å²) < 4.78 is 51.5. The molecule has 30 heavy (non-hydrogen) atoms. The smallest absolute Gasteiger partial charge is 0.416 e. The Balaban J connectivity index is 1.60. The summed E-state index contributed by atoms with van der Waals surface area (Å²) >= 11 is 0. The molecule has 158 valence electrons. The zero-order chi connectivity index (χ0) is 21.6. The predicted octanol–water partition coefficient (Wildman–Crippen LogP) is 5.09. The van der Waals surface area contributed by atoms with Crippen molar-refractivity contribution < 1.29 is 27.4 Å². The van der Waals surface area contributed by atoms with Crippen LogP contribution in [0.2, 0.25) is 0 Å². The maximum absolute atomic E-state index is 13.1. The highest BCUT2D eigenvalue weighted by molar-refractivity contribution is 5.74. The Hall–Kier alpha value is -3.22. The van der Waals surface area contributed by atoms with Crippen molar-refractivity contribution >= 4 is 5.97 Å². The lowest BCUT2D eigenvalue weighted by molar-refractivity contribution is -0.144. The molecule has 0 aliphatic rings. The molecule has 0 bridgehead atoms. The van der Waals surface area contributed by atoms with E-state index in [9.17, 15) is 18.0 Å². The number of alkyl halides is 3. The molecule has 4 nitrogen and oxygen atoms in total. The van der Waals surface area contributed by atoms with Gasteiger partial charge in [0.05, 0.1) is 19.3 Å². The second-order valence-electron chi connectivity index (χ2n) is 6.77. The van der Waals surface area contributed by atoms with Crippen LogP contribution in [0, 0.1) is 0 Å². The zero-order valence-corrected chi connectivity index (χ0v) is 16.4. The molecule has 0 saturated heterocycles. The first kappa shape index (κ1) is 21.5. The van der Waals surface area contributed by atoms with E-state index in [0.29, 0.717) is 12.2 Å². The number of nitrogens with zero attached hydrogens (tertiary/aromatic N) is 1. The van der Waals surface area contributed by atoms with Gasteiger partial charge in [0, 0.05) is 25.2 Å². The molecule has 0 radical (unpaired) electrons. The lowest BCUT2D eigenvalue weighted by Crippen LogP contribution is -2.22. The van der Waals surface area contributed by atoms with Crippen molar-refractivity contribution in [3.8, 4) is 5.75 Å². The van der Waals surface area contributed by atoms with Gasteiger partial charge in [0.15, 0.2) is 0 Å². The lowest BCUT2D eigenvalue weighted by atomic mass is 10.0. The average Bonchev–Trinajstić information content (AvgIpc) is 3.26. The summed E-state index contributed by atoms with van der Waals surface area (Å²) in [4.78, 5) is 12.1. The normalized spacial score (nSPS) is 12.4. The minimum atomic E-state index is -4.38. The van der Waals surface area contributed by atoms with Gasteiger partial charge < -0.3 is 14.0 Å². The van der Waals surface area contributed by atoms with Crippen molar-refractivity contribution in [2.45, 2.75) is 25.1 Å². The van der Waals surface area contributed by atoms with Crippen LogP contribution in [0.5, 0.6) is 5.75 Å². The number of benzene rings is 2. The number of carbonyl (C=O) groups excluding carboxylic acids is 1. The molecule has 1 unspecified atom stereocenters. The minimum Gasteiger partial charge on any atom is -0.493 e. The minimum absolute atomic E-state index is 0.126. The van der Waals surface area contributed by atoms with Gasteiger partial charge in [0.1, 0.15) is 11.8 Å². The van der Waals surface area contributed by atoms with E-state index in [1.54, 1.807) is 35.2 Å². The highest BCUT2D eigenvalue weighted by Crippen LogP contribution is 2.32.